The first-order valence-electron chi connectivity index (χ1n) is 14.3. The average Bonchev–Trinajstić information content (AvgIpc) is 3.23. The fourth-order valence-electron chi connectivity index (χ4n) is 5.79. The van der Waals surface area contributed by atoms with E-state index < -0.39 is 0 Å². The van der Waals surface area contributed by atoms with Gasteiger partial charge >= 0.3 is 14.2 Å². The molecular weight excluding hydrogens is 494 g/mol. The SMILES string of the molecule is CC1(C)OB(c2ccc3cc4cc5cc6cc(B7OC(C)(C)C(C)(C)O7)ccc6cc5cc4cc3c2)OC1(C)C. The molecule has 0 aromatic heterocycles. The molecule has 0 spiro atoms. The molecule has 0 saturated carbocycles. The van der Waals surface area contributed by atoms with Crippen LogP contribution in [0.15, 0.2) is 72.8 Å². The van der Waals surface area contributed by atoms with Crippen LogP contribution in [0.25, 0.3) is 43.1 Å². The normalized spacial score (nSPS) is 21.3. The van der Waals surface area contributed by atoms with E-state index in [9.17, 15) is 0 Å². The molecule has 5 aromatic rings. The van der Waals surface area contributed by atoms with Crippen molar-refractivity contribution in [1.82, 2.24) is 0 Å². The number of benzene rings is 5. The van der Waals surface area contributed by atoms with Crippen LogP contribution in [0.3, 0.4) is 0 Å². The number of hydrogen-bond acceptors (Lipinski definition) is 4. The summed E-state index contributed by atoms with van der Waals surface area (Å²) < 4.78 is 25.2. The summed E-state index contributed by atoms with van der Waals surface area (Å²) in [4.78, 5) is 0. The van der Waals surface area contributed by atoms with E-state index in [4.69, 9.17) is 18.6 Å². The highest BCUT2D eigenvalue weighted by Gasteiger charge is 2.52. The van der Waals surface area contributed by atoms with E-state index in [-0.39, 0.29) is 36.6 Å². The maximum atomic E-state index is 6.31. The Hall–Kier alpha value is -2.89. The topological polar surface area (TPSA) is 36.9 Å². The third-order valence-corrected chi connectivity index (χ3v) is 9.81. The summed E-state index contributed by atoms with van der Waals surface area (Å²) in [6.07, 6.45) is 0. The molecule has 4 nitrogen and oxygen atoms in total. The quantitative estimate of drug-likeness (QED) is 0.184. The van der Waals surface area contributed by atoms with E-state index in [0.29, 0.717) is 0 Å². The Morgan fingerprint density at radius 2 is 0.600 bits per heavy atom. The number of hydrogen-bond donors (Lipinski definition) is 0. The van der Waals surface area contributed by atoms with Gasteiger partial charge in [-0.2, -0.15) is 0 Å². The summed E-state index contributed by atoms with van der Waals surface area (Å²) in [5.74, 6) is 0. The van der Waals surface area contributed by atoms with E-state index in [0.717, 1.165) is 10.9 Å². The predicted octanol–water partition coefficient (Wildman–Crippen LogP) is 6.90. The largest absolute Gasteiger partial charge is 0.494 e. The van der Waals surface area contributed by atoms with Gasteiger partial charge in [0, 0.05) is 0 Å². The van der Waals surface area contributed by atoms with Crippen LogP contribution in [-0.4, -0.2) is 36.6 Å². The second-order valence-corrected chi connectivity index (χ2v) is 13.6. The molecular formula is C34H36B2O4. The monoisotopic (exact) mass is 530 g/mol. The smallest absolute Gasteiger partial charge is 0.399 e. The summed E-state index contributed by atoms with van der Waals surface area (Å²) in [5, 5.41) is 9.68. The van der Waals surface area contributed by atoms with E-state index in [1.54, 1.807) is 0 Å². The van der Waals surface area contributed by atoms with Crippen molar-refractivity contribution in [1.29, 1.82) is 0 Å². The van der Waals surface area contributed by atoms with Gasteiger partial charge in [-0.3, -0.25) is 0 Å². The first kappa shape index (κ1) is 26.0. The van der Waals surface area contributed by atoms with Crippen LogP contribution < -0.4 is 10.9 Å². The molecule has 7 rings (SSSR count). The van der Waals surface area contributed by atoms with E-state index >= 15 is 0 Å². The molecule has 40 heavy (non-hydrogen) atoms. The van der Waals surface area contributed by atoms with Crippen LogP contribution in [0.2, 0.25) is 0 Å². The van der Waals surface area contributed by atoms with Crippen molar-refractivity contribution in [2.45, 2.75) is 77.8 Å². The number of fused-ring (bicyclic) bond motifs is 4. The zero-order valence-corrected chi connectivity index (χ0v) is 24.7. The fourth-order valence-corrected chi connectivity index (χ4v) is 5.79. The Balaban J connectivity index is 1.27. The first-order chi connectivity index (χ1) is 18.7. The van der Waals surface area contributed by atoms with Crippen molar-refractivity contribution in [3.05, 3.63) is 72.8 Å². The van der Waals surface area contributed by atoms with E-state index in [1.807, 2.05) is 0 Å². The Bertz CT molecular complexity index is 1670. The molecule has 0 amide bonds. The molecule has 0 radical (unpaired) electrons. The van der Waals surface area contributed by atoms with Crippen molar-refractivity contribution in [3.63, 3.8) is 0 Å². The lowest BCUT2D eigenvalue weighted by Gasteiger charge is -2.32. The molecule has 0 aliphatic carbocycles. The third-order valence-electron chi connectivity index (χ3n) is 9.81. The van der Waals surface area contributed by atoms with Crippen LogP contribution in [0, 0.1) is 0 Å². The minimum absolute atomic E-state index is 0.358. The second-order valence-electron chi connectivity index (χ2n) is 13.6. The maximum Gasteiger partial charge on any atom is 0.494 e. The summed E-state index contributed by atoms with van der Waals surface area (Å²) in [6, 6.07) is 26.7. The average molecular weight is 530 g/mol. The molecule has 2 fully saturated rings. The van der Waals surface area contributed by atoms with Crippen molar-refractivity contribution >= 4 is 68.3 Å². The molecule has 2 aliphatic heterocycles. The van der Waals surface area contributed by atoms with Gasteiger partial charge in [-0.15, -0.1) is 0 Å². The number of rotatable bonds is 2. The van der Waals surface area contributed by atoms with Gasteiger partial charge < -0.3 is 18.6 Å². The molecule has 2 heterocycles. The van der Waals surface area contributed by atoms with Gasteiger partial charge in [-0.05, 0) is 146 Å². The highest BCUT2D eigenvalue weighted by Crippen LogP contribution is 2.38. The lowest BCUT2D eigenvalue weighted by Crippen LogP contribution is -2.41. The summed E-state index contributed by atoms with van der Waals surface area (Å²) in [6.45, 7) is 16.7. The van der Waals surface area contributed by atoms with Gasteiger partial charge in [0.05, 0.1) is 22.4 Å². The summed E-state index contributed by atoms with van der Waals surface area (Å²) >= 11 is 0. The molecule has 2 saturated heterocycles. The van der Waals surface area contributed by atoms with Crippen molar-refractivity contribution in [2.75, 3.05) is 0 Å². The van der Waals surface area contributed by atoms with Crippen LogP contribution in [0.1, 0.15) is 55.4 Å². The Morgan fingerprint density at radius 1 is 0.350 bits per heavy atom. The van der Waals surface area contributed by atoms with Gasteiger partial charge in [0.1, 0.15) is 0 Å². The van der Waals surface area contributed by atoms with Gasteiger partial charge in [0.2, 0.25) is 0 Å². The molecule has 5 aromatic carbocycles. The van der Waals surface area contributed by atoms with Crippen LogP contribution in [0.5, 0.6) is 0 Å². The maximum absolute atomic E-state index is 6.31. The minimum atomic E-state index is -0.366. The van der Waals surface area contributed by atoms with Gasteiger partial charge in [0.25, 0.3) is 0 Å². The van der Waals surface area contributed by atoms with Crippen LogP contribution >= 0.6 is 0 Å². The van der Waals surface area contributed by atoms with Crippen molar-refractivity contribution in [2.24, 2.45) is 0 Å². The highest BCUT2D eigenvalue weighted by molar-refractivity contribution is 6.63. The predicted molar refractivity (Wildman–Crippen MR) is 168 cm³/mol. The first-order valence-corrected chi connectivity index (χ1v) is 14.3. The third kappa shape index (κ3) is 4.00. The zero-order valence-electron chi connectivity index (χ0n) is 24.7. The molecule has 6 heteroatoms. The minimum Gasteiger partial charge on any atom is -0.399 e. The lowest BCUT2D eigenvalue weighted by molar-refractivity contribution is 0.00578. The van der Waals surface area contributed by atoms with Gasteiger partial charge in [-0.1, -0.05) is 36.4 Å². The Morgan fingerprint density at radius 3 is 0.900 bits per heavy atom. The lowest BCUT2D eigenvalue weighted by atomic mass is 9.78. The van der Waals surface area contributed by atoms with E-state index in [2.05, 4.69) is 128 Å². The fraction of sp³-hybridized carbons (Fsp3) is 0.353. The van der Waals surface area contributed by atoms with Crippen LogP contribution in [0.4, 0.5) is 0 Å². The Labute approximate surface area is 237 Å². The Kier molecular flexibility index (Phi) is 5.42. The highest BCUT2D eigenvalue weighted by atomic mass is 16.7. The summed E-state index contributed by atoms with van der Waals surface area (Å²) in [7, 11) is -0.731. The summed E-state index contributed by atoms with van der Waals surface area (Å²) in [5.41, 5.74) is 0.669. The van der Waals surface area contributed by atoms with E-state index in [1.165, 1.54) is 43.1 Å². The molecule has 0 bridgehead atoms. The van der Waals surface area contributed by atoms with Crippen LogP contribution in [-0.2, 0) is 18.6 Å². The molecule has 0 unspecified atom stereocenters. The molecule has 0 atom stereocenters. The van der Waals surface area contributed by atoms with Crippen molar-refractivity contribution < 1.29 is 18.6 Å². The standard InChI is InChI=1S/C34H36B2O4/c1-31(2)32(3,4)38-35(37-31)29-11-9-21-13-23-16-26-18-28-20-30(36-39-33(5,6)34(7,8)40-36)12-10-22(28)14-24(26)15-25(23)17-27(21)19-29/h9-20H,1-8H3. The second kappa shape index (κ2) is 8.33. The molecule has 2 aliphatic rings. The molecule has 202 valence electrons. The van der Waals surface area contributed by atoms with Gasteiger partial charge in [-0.25, -0.2) is 0 Å². The van der Waals surface area contributed by atoms with Gasteiger partial charge in [0.15, 0.2) is 0 Å². The van der Waals surface area contributed by atoms with Crippen molar-refractivity contribution in [3.8, 4) is 0 Å². The molecule has 0 N–H and O–H groups in total. The zero-order chi connectivity index (χ0) is 28.2.